The summed E-state index contributed by atoms with van der Waals surface area (Å²) in [4.78, 5) is 14.0. The van der Waals surface area contributed by atoms with Crippen molar-refractivity contribution in [1.82, 2.24) is 0 Å². The van der Waals surface area contributed by atoms with Crippen LogP contribution in [0, 0.1) is 17.8 Å². The number of fused-ring (bicyclic) bond motifs is 6. The van der Waals surface area contributed by atoms with Gasteiger partial charge in [-0.1, -0.05) is 27.0 Å². The first kappa shape index (κ1) is 35.5. The maximum atomic E-state index is 14.0. The van der Waals surface area contributed by atoms with Gasteiger partial charge in [-0.15, -0.1) is 0 Å². The van der Waals surface area contributed by atoms with Crippen molar-refractivity contribution in [3.63, 3.8) is 0 Å². The average Bonchev–Trinajstić information content (AvgIpc) is 3.77. The highest BCUT2D eigenvalue weighted by atomic mass is 16.8. The van der Waals surface area contributed by atoms with Crippen molar-refractivity contribution in [3.05, 3.63) is 24.3 Å². The molecule has 10 fully saturated rings. The summed E-state index contributed by atoms with van der Waals surface area (Å²) in [5.41, 5.74) is 2.22. The molecule has 0 aromatic carbocycles. The number of aliphatic hydroxyl groups excluding tert-OH is 2. The molecular formula is C40H58O11. The van der Waals surface area contributed by atoms with Gasteiger partial charge in [0.1, 0.15) is 36.3 Å². The molecule has 10 rings (SSSR count). The lowest BCUT2D eigenvalue weighted by Crippen LogP contribution is -2.61. The molecule has 1 spiro atoms. The fourth-order valence-electron chi connectivity index (χ4n) is 11.3. The normalized spacial score (nSPS) is 53.2. The predicted molar refractivity (Wildman–Crippen MR) is 183 cm³/mol. The minimum absolute atomic E-state index is 0.00894. The highest BCUT2D eigenvalue weighted by molar-refractivity contribution is 5.79. The molecule has 10 saturated heterocycles. The van der Waals surface area contributed by atoms with Gasteiger partial charge in [0.25, 0.3) is 0 Å². The van der Waals surface area contributed by atoms with Gasteiger partial charge in [0.15, 0.2) is 5.79 Å². The maximum Gasteiger partial charge on any atom is 0.172 e. The Morgan fingerprint density at radius 2 is 1.49 bits per heavy atom. The van der Waals surface area contributed by atoms with Crippen LogP contribution in [0.25, 0.3) is 0 Å². The van der Waals surface area contributed by atoms with Gasteiger partial charge in [-0.05, 0) is 73.8 Å². The predicted octanol–water partition coefficient (Wildman–Crippen LogP) is 4.09. The summed E-state index contributed by atoms with van der Waals surface area (Å²) in [6.45, 7) is 12.9. The second kappa shape index (κ2) is 13.8. The van der Waals surface area contributed by atoms with Crippen LogP contribution in [0.15, 0.2) is 24.3 Å². The zero-order valence-corrected chi connectivity index (χ0v) is 30.3. The van der Waals surface area contributed by atoms with Crippen molar-refractivity contribution in [3.8, 4) is 0 Å². The smallest absolute Gasteiger partial charge is 0.172 e. The number of hydrogen-bond acceptors (Lipinski definition) is 11. The molecule has 10 aliphatic rings. The quantitative estimate of drug-likeness (QED) is 0.410. The van der Waals surface area contributed by atoms with Crippen LogP contribution < -0.4 is 0 Å². The first-order chi connectivity index (χ1) is 24.6. The first-order valence-corrected chi connectivity index (χ1v) is 20.0. The van der Waals surface area contributed by atoms with Crippen molar-refractivity contribution >= 4 is 5.78 Å². The minimum atomic E-state index is -0.872. The van der Waals surface area contributed by atoms with E-state index in [0.29, 0.717) is 44.4 Å². The van der Waals surface area contributed by atoms with Gasteiger partial charge in [-0.3, -0.25) is 4.79 Å². The van der Waals surface area contributed by atoms with E-state index in [-0.39, 0.29) is 110 Å². The second-order valence-electron chi connectivity index (χ2n) is 17.5. The Morgan fingerprint density at radius 1 is 0.745 bits per heavy atom. The van der Waals surface area contributed by atoms with Gasteiger partial charge in [0, 0.05) is 38.5 Å². The highest BCUT2D eigenvalue weighted by Gasteiger charge is 2.68. The van der Waals surface area contributed by atoms with E-state index in [2.05, 4.69) is 27.0 Å². The number of ether oxygens (including phenoxy) is 8. The Bertz CT molecular complexity index is 1360. The highest BCUT2D eigenvalue weighted by Crippen LogP contribution is 2.54. The van der Waals surface area contributed by atoms with Gasteiger partial charge < -0.3 is 48.1 Å². The molecule has 10 aliphatic heterocycles. The van der Waals surface area contributed by atoms with Crippen LogP contribution in [0.3, 0.4) is 0 Å². The van der Waals surface area contributed by atoms with E-state index in [4.69, 9.17) is 37.9 Å². The summed E-state index contributed by atoms with van der Waals surface area (Å²) in [7, 11) is 0. The van der Waals surface area contributed by atoms with Gasteiger partial charge in [-0.2, -0.15) is 0 Å². The summed E-state index contributed by atoms with van der Waals surface area (Å²) < 4.78 is 53.9. The van der Waals surface area contributed by atoms with Crippen LogP contribution in [-0.2, 0) is 42.7 Å². The Morgan fingerprint density at radius 3 is 2.33 bits per heavy atom. The summed E-state index contributed by atoms with van der Waals surface area (Å²) in [6, 6.07) is 0. The van der Waals surface area contributed by atoms with E-state index in [0.717, 1.165) is 56.1 Å². The molecule has 284 valence electrons. The van der Waals surface area contributed by atoms with Crippen molar-refractivity contribution in [2.75, 3.05) is 6.61 Å². The summed E-state index contributed by atoms with van der Waals surface area (Å²) in [6.07, 6.45) is 5.65. The number of aliphatic hydroxyl groups is 2. The molecule has 11 nitrogen and oxygen atoms in total. The number of ketones is 1. The Balaban J connectivity index is 0.986. The van der Waals surface area contributed by atoms with Crippen molar-refractivity contribution < 1.29 is 52.9 Å². The van der Waals surface area contributed by atoms with E-state index >= 15 is 0 Å². The molecule has 2 N–H and O–H groups in total. The third kappa shape index (κ3) is 6.53. The zero-order valence-electron chi connectivity index (χ0n) is 30.3. The molecule has 0 amide bonds. The van der Waals surface area contributed by atoms with E-state index in [9.17, 15) is 15.0 Å². The Hall–Kier alpha value is -1.25. The second-order valence-corrected chi connectivity index (χ2v) is 17.5. The van der Waals surface area contributed by atoms with Crippen LogP contribution in [-0.4, -0.2) is 120 Å². The molecule has 2 unspecified atom stereocenters. The van der Waals surface area contributed by atoms with Gasteiger partial charge in [0.05, 0.1) is 67.6 Å². The third-order valence-electron chi connectivity index (χ3n) is 14.1. The number of hydrogen-bond donors (Lipinski definition) is 2. The summed E-state index contributed by atoms with van der Waals surface area (Å²) in [5.74, 6) is -0.367. The van der Waals surface area contributed by atoms with Crippen LogP contribution in [0.5, 0.6) is 0 Å². The molecule has 0 aromatic rings. The van der Waals surface area contributed by atoms with E-state index < -0.39 is 11.9 Å². The largest absolute Gasteiger partial charge is 0.394 e. The SMILES string of the molecule is C=C1C[C@@H]2CC[C@@]34C[C@H]5O[C@H]6[C@@H](O3)[C@H]3OC(CC[C@@H]3O[C@H]6[C@H]5O4)CC(=O)C[C@@H]3[C@@H](C)[C@@H](C[C@H](O)CO)O[C@H]3C[C@H]3O[C@@H](CCC1O2)C[C@@H](C)C3=C. The summed E-state index contributed by atoms with van der Waals surface area (Å²) >= 11 is 0. The molecular weight excluding hydrogens is 656 g/mol. The molecule has 10 heterocycles. The summed E-state index contributed by atoms with van der Waals surface area (Å²) in [5, 5.41) is 20.0. The fourth-order valence-corrected chi connectivity index (χ4v) is 11.3. The average molecular weight is 715 g/mol. The number of carbonyl (C=O) groups excluding carboxylic acids is 1. The minimum Gasteiger partial charge on any atom is -0.394 e. The lowest BCUT2D eigenvalue weighted by molar-refractivity contribution is -0.292. The maximum absolute atomic E-state index is 14.0. The van der Waals surface area contributed by atoms with Crippen LogP contribution in [0.4, 0.5) is 0 Å². The lowest BCUT2D eigenvalue weighted by atomic mass is 9.79. The molecule has 0 radical (unpaired) electrons. The van der Waals surface area contributed by atoms with Crippen molar-refractivity contribution in [1.29, 1.82) is 0 Å². The number of Topliss-reactive ketones (excluding diaryl/α,β-unsaturated/α-hetero) is 1. The standard InChI is InChI=1S/C40H58O11/c1-19-11-25-5-7-29-20(2)12-27(44-29)9-10-40-17-34-36(50-40)37-38(49-34)39(51-40)35-30(48-37)8-6-26(46-35)13-23(42)14-28-22(4)31(15-24(43)18-41)47-33(28)16-32(45-25)21(19)3/h19,22,24-39,41,43H,2-3,5-18H2,1,4H3/t19-,22-,24+,25+,26?,27+,28-,29?,30+,31-,32-,33+,34-,35+,36+,37+,38-,39+,40+/m1/s1. The van der Waals surface area contributed by atoms with Gasteiger partial charge in [0.2, 0.25) is 0 Å². The lowest BCUT2D eigenvalue weighted by Gasteiger charge is -2.47. The van der Waals surface area contributed by atoms with E-state index in [1.165, 1.54) is 0 Å². The van der Waals surface area contributed by atoms with Crippen LogP contribution in [0.1, 0.15) is 97.3 Å². The van der Waals surface area contributed by atoms with Gasteiger partial charge in [-0.25, -0.2) is 0 Å². The van der Waals surface area contributed by atoms with Gasteiger partial charge >= 0.3 is 0 Å². The molecule has 19 atom stereocenters. The number of rotatable bonds is 3. The first-order valence-electron chi connectivity index (χ1n) is 20.0. The Kier molecular flexibility index (Phi) is 9.59. The van der Waals surface area contributed by atoms with E-state index in [1.807, 2.05) is 0 Å². The van der Waals surface area contributed by atoms with Crippen LogP contribution in [0.2, 0.25) is 0 Å². The zero-order chi connectivity index (χ0) is 35.2. The molecule has 0 aliphatic carbocycles. The topological polar surface area (TPSA) is 131 Å². The fraction of sp³-hybridized carbons (Fsp3) is 0.875. The molecule has 51 heavy (non-hydrogen) atoms. The molecule has 0 aromatic heterocycles. The molecule has 12 bridgehead atoms. The monoisotopic (exact) mass is 714 g/mol. The number of carbonyl (C=O) groups is 1. The Labute approximate surface area is 301 Å². The molecule has 0 saturated carbocycles. The van der Waals surface area contributed by atoms with Crippen molar-refractivity contribution in [2.24, 2.45) is 17.8 Å². The van der Waals surface area contributed by atoms with E-state index in [1.54, 1.807) is 0 Å². The van der Waals surface area contributed by atoms with Crippen LogP contribution >= 0.6 is 0 Å². The molecule has 11 heteroatoms. The third-order valence-corrected chi connectivity index (χ3v) is 14.1. The van der Waals surface area contributed by atoms with Crippen molar-refractivity contribution in [2.45, 2.75) is 195 Å².